The molecule has 14 heavy (non-hydrogen) atoms. The minimum absolute atomic E-state index is 0.269. The summed E-state index contributed by atoms with van der Waals surface area (Å²) in [7, 11) is -4.30. The number of rotatable bonds is 3. The van der Waals surface area contributed by atoms with Crippen LogP contribution in [0.3, 0.4) is 0 Å². The Balaban J connectivity index is 2.55. The summed E-state index contributed by atoms with van der Waals surface area (Å²) in [6, 6.07) is 4.84. The Bertz CT molecular complexity index is 361. The Kier molecular flexibility index (Phi) is 3.35. The average Bonchev–Trinajstić information content (AvgIpc) is 2.02. The van der Waals surface area contributed by atoms with E-state index in [2.05, 4.69) is 10.3 Å². The number of nitrogens with zero attached hydrogens (tertiary/aromatic N) is 1. The molecule has 6 nitrogen and oxygen atoms in total. The third-order valence-corrected chi connectivity index (χ3v) is 1.98. The Morgan fingerprint density at radius 3 is 2.71 bits per heavy atom. The second-order valence-electron chi connectivity index (χ2n) is 2.59. The summed E-state index contributed by atoms with van der Waals surface area (Å²) in [6.07, 6.45) is 0.636. The van der Waals surface area contributed by atoms with Crippen LogP contribution in [0.4, 0.5) is 5.82 Å². The third kappa shape index (κ3) is 4.13. The van der Waals surface area contributed by atoms with Crippen LogP contribution in [-0.2, 0) is 9.36 Å². The van der Waals surface area contributed by atoms with Crippen LogP contribution in [0.25, 0.3) is 0 Å². The Labute approximate surface area is 80.1 Å². The van der Waals surface area contributed by atoms with Gasteiger partial charge in [-0.05, 0) is 12.1 Å². The first kappa shape index (κ1) is 10.8. The number of pyridine rings is 1. The molecule has 1 aromatic rings. The fraction of sp³-hybridized carbons (Fsp3) is 0.143. The van der Waals surface area contributed by atoms with Gasteiger partial charge < -0.3 is 15.1 Å². The van der Waals surface area contributed by atoms with Gasteiger partial charge in [0.2, 0.25) is 5.91 Å². The highest BCUT2D eigenvalue weighted by Crippen LogP contribution is 2.33. The molecule has 0 unspecified atom stereocenters. The molecule has 0 atom stereocenters. The maximum atomic E-state index is 11.0. The molecule has 76 valence electrons. The first-order valence-corrected chi connectivity index (χ1v) is 5.52. The van der Waals surface area contributed by atoms with E-state index in [0.29, 0.717) is 0 Å². The van der Waals surface area contributed by atoms with Crippen LogP contribution in [-0.4, -0.2) is 26.8 Å². The topological polar surface area (TPSA) is 99.5 Å². The van der Waals surface area contributed by atoms with Crippen LogP contribution < -0.4 is 5.32 Å². The average molecular weight is 216 g/mol. The Hall–Kier alpha value is -1.23. The quantitative estimate of drug-likeness (QED) is 0.626. The van der Waals surface area contributed by atoms with Crippen molar-refractivity contribution in [2.24, 2.45) is 0 Å². The minimum atomic E-state index is -4.30. The van der Waals surface area contributed by atoms with Crippen LogP contribution in [0.15, 0.2) is 24.4 Å². The van der Waals surface area contributed by atoms with E-state index in [0.717, 1.165) is 0 Å². The van der Waals surface area contributed by atoms with Crippen molar-refractivity contribution in [3.05, 3.63) is 24.4 Å². The van der Waals surface area contributed by atoms with E-state index in [1.807, 2.05) is 0 Å². The lowest BCUT2D eigenvalue weighted by Crippen LogP contribution is -2.16. The summed E-state index contributed by atoms with van der Waals surface area (Å²) in [5, 5.41) is 2.26. The molecule has 1 aromatic heterocycles. The van der Waals surface area contributed by atoms with Gasteiger partial charge >= 0.3 is 7.60 Å². The minimum Gasteiger partial charge on any atom is -0.324 e. The number of hydrogen-bond acceptors (Lipinski definition) is 3. The molecule has 1 rings (SSSR count). The van der Waals surface area contributed by atoms with Gasteiger partial charge in [-0.3, -0.25) is 9.36 Å². The molecule has 1 amide bonds. The van der Waals surface area contributed by atoms with Crippen molar-refractivity contribution in [1.29, 1.82) is 0 Å². The normalized spacial score (nSPS) is 11.0. The number of nitrogens with one attached hydrogen (secondary N) is 1. The Morgan fingerprint density at radius 2 is 2.21 bits per heavy atom. The van der Waals surface area contributed by atoms with E-state index < -0.39 is 19.7 Å². The zero-order chi connectivity index (χ0) is 10.6. The fourth-order valence-corrected chi connectivity index (χ4v) is 1.26. The van der Waals surface area contributed by atoms with Crippen molar-refractivity contribution in [3.8, 4) is 0 Å². The smallest absolute Gasteiger partial charge is 0.324 e. The molecule has 0 saturated carbocycles. The van der Waals surface area contributed by atoms with Gasteiger partial charge in [0.1, 0.15) is 12.0 Å². The molecule has 0 spiro atoms. The predicted molar refractivity (Wildman–Crippen MR) is 49.8 cm³/mol. The molecule has 7 heteroatoms. The largest absolute Gasteiger partial charge is 0.334 e. The molecule has 0 aliphatic rings. The SMILES string of the molecule is O=C(CP(=O)(O)O)Nc1ccccn1. The number of carbonyl (C=O) groups is 1. The predicted octanol–water partition coefficient (Wildman–Crippen LogP) is 0.198. The zero-order valence-electron chi connectivity index (χ0n) is 7.12. The second kappa shape index (κ2) is 4.32. The second-order valence-corrected chi connectivity index (χ2v) is 4.23. The fourth-order valence-electron chi connectivity index (χ4n) is 0.806. The van der Waals surface area contributed by atoms with Crippen molar-refractivity contribution in [3.63, 3.8) is 0 Å². The van der Waals surface area contributed by atoms with E-state index in [1.165, 1.54) is 12.3 Å². The summed E-state index contributed by atoms with van der Waals surface area (Å²) in [5.74, 6) is -0.483. The number of hydrogen-bond donors (Lipinski definition) is 3. The van der Waals surface area contributed by atoms with E-state index in [-0.39, 0.29) is 5.82 Å². The third-order valence-electron chi connectivity index (χ3n) is 1.28. The van der Waals surface area contributed by atoms with Crippen molar-refractivity contribution < 1.29 is 19.1 Å². The van der Waals surface area contributed by atoms with Crippen LogP contribution >= 0.6 is 7.60 Å². The molecule has 0 aliphatic carbocycles. The van der Waals surface area contributed by atoms with Crippen LogP contribution in [0.5, 0.6) is 0 Å². The van der Waals surface area contributed by atoms with Gasteiger partial charge in [-0.2, -0.15) is 0 Å². The summed E-state index contributed by atoms with van der Waals surface area (Å²) < 4.78 is 10.4. The zero-order valence-corrected chi connectivity index (χ0v) is 8.02. The van der Waals surface area contributed by atoms with E-state index in [9.17, 15) is 9.36 Å². The standard InChI is InChI=1S/C7H9N2O4P/c10-7(5-14(11,12)13)9-6-3-1-2-4-8-6/h1-4H,5H2,(H,8,9,10)(H2,11,12,13). The lowest BCUT2D eigenvalue weighted by Gasteiger charge is -2.04. The van der Waals surface area contributed by atoms with Gasteiger partial charge in [-0.15, -0.1) is 0 Å². The highest BCUT2D eigenvalue weighted by atomic mass is 31.2. The van der Waals surface area contributed by atoms with E-state index in [4.69, 9.17) is 9.79 Å². The van der Waals surface area contributed by atoms with Crippen LogP contribution in [0.1, 0.15) is 0 Å². The molecular formula is C7H9N2O4P. The summed E-state index contributed by atoms with van der Waals surface area (Å²) in [6.45, 7) is 0. The van der Waals surface area contributed by atoms with Gasteiger partial charge in [0.05, 0.1) is 0 Å². The molecule has 1 heterocycles. The maximum Gasteiger partial charge on any atom is 0.334 e. The van der Waals surface area contributed by atoms with Gasteiger partial charge in [0, 0.05) is 6.20 Å². The molecule has 0 bridgehead atoms. The molecular weight excluding hydrogens is 207 g/mol. The van der Waals surface area contributed by atoms with Gasteiger partial charge in [-0.25, -0.2) is 4.98 Å². The summed E-state index contributed by atoms with van der Waals surface area (Å²) in [5.41, 5.74) is 0. The van der Waals surface area contributed by atoms with Crippen LogP contribution in [0, 0.1) is 0 Å². The molecule has 3 N–H and O–H groups in total. The highest BCUT2D eigenvalue weighted by Gasteiger charge is 2.18. The number of anilines is 1. The van der Waals surface area contributed by atoms with Crippen molar-refractivity contribution in [1.82, 2.24) is 4.98 Å². The maximum absolute atomic E-state index is 11.0. The van der Waals surface area contributed by atoms with E-state index in [1.54, 1.807) is 12.1 Å². The summed E-state index contributed by atoms with van der Waals surface area (Å²) in [4.78, 5) is 31.7. The number of aromatic nitrogens is 1. The molecule has 0 radical (unpaired) electrons. The first-order valence-electron chi connectivity index (χ1n) is 3.73. The number of carbonyl (C=O) groups excluding carboxylic acids is 1. The highest BCUT2D eigenvalue weighted by molar-refractivity contribution is 7.52. The van der Waals surface area contributed by atoms with Crippen molar-refractivity contribution in [2.45, 2.75) is 0 Å². The van der Waals surface area contributed by atoms with Crippen LogP contribution in [0.2, 0.25) is 0 Å². The monoisotopic (exact) mass is 216 g/mol. The van der Waals surface area contributed by atoms with Gasteiger partial charge in [0.15, 0.2) is 0 Å². The van der Waals surface area contributed by atoms with Gasteiger partial charge in [-0.1, -0.05) is 6.07 Å². The lowest BCUT2D eigenvalue weighted by atomic mass is 10.4. The summed E-state index contributed by atoms with van der Waals surface area (Å²) >= 11 is 0. The van der Waals surface area contributed by atoms with Crippen molar-refractivity contribution in [2.75, 3.05) is 11.5 Å². The Morgan fingerprint density at radius 1 is 1.50 bits per heavy atom. The number of amides is 1. The molecule has 0 fully saturated rings. The van der Waals surface area contributed by atoms with Crippen molar-refractivity contribution >= 4 is 19.3 Å². The molecule has 0 aromatic carbocycles. The molecule has 0 aliphatic heterocycles. The molecule has 0 saturated heterocycles. The van der Waals surface area contributed by atoms with Gasteiger partial charge in [0.25, 0.3) is 0 Å². The first-order chi connectivity index (χ1) is 6.47. The van der Waals surface area contributed by atoms with E-state index >= 15 is 0 Å². The lowest BCUT2D eigenvalue weighted by molar-refractivity contribution is -0.114.